The van der Waals surface area contributed by atoms with Gasteiger partial charge in [0.05, 0.1) is 29.9 Å². The molecular weight excluding hydrogens is 512 g/mol. The topological polar surface area (TPSA) is 163 Å². The molecular formula is C27H34N2O8S. The number of nitriles is 1. The molecule has 0 heterocycles. The van der Waals surface area contributed by atoms with Crippen molar-refractivity contribution in [3.63, 3.8) is 0 Å². The average molecular weight is 547 g/mol. The lowest BCUT2D eigenvalue weighted by molar-refractivity contribution is -0.144. The van der Waals surface area contributed by atoms with E-state index < -0.39 is 33.7 Å². The number of nitrogens with one attached hydrogen (secondary N) is 1. The summed E-state index contributed by atoms with van der Waals surface area (Å²) in [6.07, 6.45) is 3.51. The summed E-state index contributed by atoms with van der Waals surface area (Å²) in [5.41, 5.74) is 2.72. The van der Waals surface area contributed by atoms with Crippen molar-refractivity contribution >= 4 is 22.0 Å². The van der Waals surface area contributed by atoms with Gasteiger partial charge in [0.1, 0.15) is 5.75 Å². The molecule has 0 aliphatic carbocycles. The van der Waals surface area contributed by atoms with Crippen LogP contribution in [0.4, 0.5) is 0 Å². The maximum absolute atomic E-state index is 11.8. The van der Waals surface area contributed by atoms with Gasteiger partial charge < -0.3 is 19.9 Å². The molecule has 11 heteroatoms. The standard InChI is InChI=1S/C27H34N2O8S/c28-20-21-5-7-22(8-6-21)23-9-11-25(12-10-23)37-16-4-2-1-3-15-36-17-13-24(27(31)32)19-26(30)29-14-18-38(33,34)35/h5-12,24H,1-4,13-19H2,(H,29,30)(H,31,32)(H,33,34,35). The summed E-state index contributed by atoms with van der Waals surface area (Å²) in [4.78, 5) is 23.1. The Labute approximate surface area is 223 Å². The van der Waals surface area contributed by atoms with E-state index in [1.54, 1.807) is 12.1 Å². The van der Waals surface area contributed by atoms with Crippen molar-refractivity contribution in [1.82, 2.24) is 5.32 Å². The molecule has 0 radical (unpaired) electrons. The first-order valence-electron chi connectivity index (χ1n) is 12.4. The molecule has 0 fully saturated rings. The number of nitrogens with zero attached hydrogens (tertiary/aromatic N) is 1. The van der Waals surface area contributed by atoms with Crippen LogP contribution in [-0.4, -0.2) is 62.1 Å². The monoisotopic (exact) mass is 546 g/mol. The molecule has 2 rings (SSSR count). The number of aliphatic carboxylic acids is 1. The van der Waals surface area contributed by atoms with Gasteiger partial charge in [0.2, 0.25) is 5.91 Å². The fourth-order valence-electron chi connectivity index (χ4n) is 3.59. The van der Waals surface area contributed by atoms with Crippen molar-refractivity contribution in [3.8, 4) is 22.9 Å². The Morgan fingerprint density at radius 2 is 1.53 bits per heavy atom. The van der Waals surface area contributed by atoms with Gasteiger partial charge in [0.15, 0.2) is 0 Å². The second kappa shape index (κ2) is 16.4. The van der Waals surface area contributed by atoms with Gasteiger partial charge in [-0.25, -0.2) is 0 Å². The summed E-state index contributed by atoms with van der Waals surface area (Å²) in [5, 5.41) is 20.5. The SMILES string of the molecule is N#Cc1ccc(-c2ccc(OCCCCCCOCCC(CC(=O)NCCS(=O)(=O)O)C(=O)O)cc2)cc1. The zero-order chi connectivity index (χ0) is 27.8. The fraction of sp³-hybridized carbons (Fsp3) is 0.444. The number of rotatable bonds is 18. The Morgan fingerprint density at radius 1 is 0.921 bits per heavy atom. The molecule has 0 aliphatic heterocycles. The summed E-state index contributed by atoms with van der Waals surface area (Å²) in [5.74, 6) is -2.48. The van der Waals surface area contributed by atoms with Crippen molar-refractivity contribution in [2.45, 2.75) is 38.5 Å². The van der Waals surface area contributed by atoms with Crippen LogP contribution in [0.1, 0.15) is 44.1 Å². The van der Waals surface area contributed by atoms with E-state index >= 15 is 0 Å². The lowest BCUT2D eigenvalue weighted by atomic mass is 10.0. The van der Waals surface area contributed by atoms with Crippen LogP contribution >= 0.6 is 0 Å². The van der Waals surface area contributed by atoms with Gasteiger partial charge in [-0.1, -0.05) is 30.7 Å². The molecule has 0 bridgehead atoms. The first kappa shape index (κ1) is 30.8. The summed E-state index contributed by atoms with van der Waals surface area (Å²) in [6, 6.07) is 17.4. The summed E-state index contributed by atoms with van der Waals surface area (Å²) in [6.45, 7) is 1.02. The van der Waals surface area contributed by atoms with E-state index in [4.69, 9.17) is 19.3 Å². The number of benzene rings is 2. The van der Waals surface area contributed by atoms with E-state index in [1.807, 2.05) is 36.4 Å². The van der Waals surface area contributed by atoms with Crippen LogP contribution in [0.15, 0.2) is 48.5 Å². The van der Waals surface area contributed by atoms with E-state index in [0.717, 1.165) is 42.6 Å². The summed E-state index contributed by atoms with van der Waals surface area (Å²) >= 11 is 0. The van der Waals surface area contributed by atoms with E-state index in [1.165, 1.54) is 0 Å². The number of hydrogen-bond donors (Lipinski definition) is 3. The minimum Gasteiger partial charge on any atom is -0.494 e. The van der Waals surface area contributed by atoms with Gasteiger partial charge in [-0.15, -0.1) is 0 Å². The predicted molar refractivity (Wildman–Crippen MR) is 141 cm³/mol. The second-order valence-corrected chi connectivity index (χ2v) is 10.3. The highest BCUT2D eigenvalue weighted by atomic mass is 32.2. The largest absolute Gasteiger partial charge is 0.494 e. The molecule has 0 spiro atoms. The smallest absolute Gasteiger partial charge is 0.307 e. The van der Waals surface area contributed by atoms with Gasteiger partial charge >= 0.3 is 5.97 Å². The quantitative estimate of drug-likeness (QED) is 0.187. The van der Waals surface area contributed by atoms with Gasteiger partial charge in [0.25, 0.3) is 10.1 Å². The fourth-order valence-corrected chi connectivity index (χ4v) is 3.95. The Bertz CT molecular complexity index is 1160. The van der Waals surface area contributed by atoms with Crippen LogP contribution in [0.2, 0.25) is 0 Å². The highest BCUT2D eigenvalue weighted by molar-refractivity contribution is 7.85. The van der Waals surface area contributed by atoms with Crippen LogP contribution in [0.25, 0.3) is 11.1 Å². The maximum Gasteiger partial charge on any atom is 0.307 e. The molecule has 10 nitrogen and oxygen atoms in total. The third kappa shape index (κ3) is 12.7. The molecule has 206 valence electrons. The van der Waals surface area contributed by atoms with Gasteiger partial charge in [0, 0.05) is 26.2 Å². The highest BCUT2D eigenvalue weighted by Crippen LogP contribution is 2.23. The minimum absolute atomic E-state index is 0.166. The zero-order valence-corrected chi connectivity index (χ0v) is 22.0. The number of amides is 1. The van der Waals surface area contributed by atoms with Gasteiger partial charge in [-0.2, -0.15) is 13.7 Å². The van der Waals surface area contributed by atoms with Crippen LogP contribution in [0.3, 0.4) is 0 Å². The number of unbranched alkanes of at least 4 members (excludes halogenated alkanes) is 3. The first-order valence-corrected chi connectivity index (χ1v) is 14.0. The molecule has 2 aromatic carbocycles. The molecule has 1 atom stereocenters. The highest BCUT2D eigenvalue weighted by Gasteiger charge is 2.21. The molecule has 3 N–H and O–H groups in total. The van der Waals surface area contributed by atoms with Crippen LogP contribution in [0.5, 0.6) is 5.75 Å². The Balaban J connectivity index is 1.52. The molecule has 0 aromatic heterocycles. The molecule has 1 unspecified atom stereocenters. The average Bonchev–Trinajstić information content (AvgIpc) is 2.88. The number of carbonyl (C=O) groups excluding carboxylic acids is 1. The number of carbonyl (C=O) groups is 2. The van der Waals surface area contributed by atoms with Crippen molar-refractivity contribution in [1.29, 1.82) is 5.26 Å². The number of carboxylic acid groups (broad SMARTS) is 1. The molecule has 1 amide bonds. The Morgan fingerprint density at radius 3 is 2.11 bits per heavy atom. The third-order valence-electron chi connectivity index (χ3n) is 5.73. The van der Waals surface area contributed by atoms with Gasteiger partial charge in [-0.05, 0) is 61.1 Å². The zero-order valence-electron chi connectivity index (χ0n) is 21.2. The van der Waals surface area contributed by atoms with Crippen molar-refractivity contribution < 1.29 is 37.1 Å². The molecule has 0 saturated carbocycles. The van der Waals surface area contributed by atoms with Crippen LogP contribution in [0, 0.1) is 17.2 Å². The van der Waals surface area contributed by atoms with E-state index in [0.29, 0.717) is 18.8 Å². The molecule has 0 saturated heterocycles. The minimum atomic E-state index is -4.19. The van der Waals surface area contributed by atoms with Crippen molar-refractivity contribution in [3.05, 3.63) is 54.1 Å². The van der Waals surface area contributed by atoms with Crippen LogP contribution in [-0.2, 0) is 24.4 Å². The lowest BCUT2D eigenvalue weighted by Crippen LogP contribution is -2.32. The molecule has 38 heavy (non-hydrogen) atoms. The second-order valence-electron chi connectivity index (χ2n) is 8.75. The first-order chi connectivity index (χ1) is 18.2. The predicted octanol–water partition coefficient (Wildman–Crippen LogP) is 3.67. The van der Waals surface area contributed by atoms with Crippen molar-refractivity contribution in [2.24, 2.45) is 5.92 Å². The van der Waals surface area contributed by atoms with E-state index in [9.17, 15) is 23.1 Å². The van der Waals surface area contributed by atoms with Crippen LogP contribution < -0.4 is 10.1 Å². The van der Waals surface area contributed by atoms with E-state index in [2.05, 4.69) is 11.4 Å². The summed E-state index contributed by atoms with van der Waals surface area (Å²) < 4.78 is 41.2. The van der Waals surface area contributed by atoms with Gasteiger partial charge in [-0.3, -0.25) is 14.1 Å². The van der Waals surface area contributed by atoms with E-state index in [-0.39, 0.29) is 26.0 Å². The number of ether oxygens (including phenoxy) is 2. The third-order valence-corrected chi connectivity index (χ3v) is 6.45. The number of hydrogen-bond acceptors (Lipinski definition) is 7. The number of carboxylic acids is 1. The van der Waals surface area contributed by atoms with Crippen molar-refractivity contribution in [2.75, 3.05) is 32.1 Å². The molecule has 0 aliphatic rings. The summed E-state index contributed by atoms with van der Waals surface area (Å²) in [7, 11) is -4.19. The Kier molecular flexibility index (Phi) is 13.3. The lowest BCUT2D eigenvalue weighted by Gasteiger charge is -2.12. The Hall–Kier alpha value is -3.46. The normalized spacial score (nSPS) is 11.9. The molecule has 2 aromatic rings. The maximum atomic E-state index is 11.8.